The molecule has 2 aromatic rings. The Bertz CT molecular complexity index is 560. The molecule has 0 radical (unpaired) electrons. The van der Waals surface area contributed by atoms with Crippen LogP contribution in [0.5, 0.6) is 0 Å². The first-order valence-corrected chi connectivity index (χ1v) is 5.49. The Morgan fingerprint density at radius 3 is 2.93 bits per heavy atom. The summed E-state index contributed by atoms with van der Waals surface area (Å²) in [6.07, 6.45) is 0.290. The molecular weight excluding hydrogens is 275 g/mol. The number of rotatable bonds is 1. The van der Waals surface area contributed by atoms with E-state index >= 15 is 0 Å². The molecule has 0 aliphatic rings. The molecule has 15 heavy (non-hydrogen) atoms. The fraction of sp³-hybridized carbons (Fsp3) is 0.0909. The number of hydrogen-bond donors (Lipinski definition) is 0. The Labute approximate surface area is 101 Å². The van der Waals surface area contributed by atoms with Crippen molar-refractivity contribution in [3.8, 4) is 6.07 Å². The summed E-state index contributed by atoms with van der Waals surface area (Å²) in [7, 11) is 0. The van der Waals surface area contributed by atoms with Gasteiger partial charge in [-0.15, -0.1) is 0 Å². The van der Waals surface area contributed by atoms with Gasteiger partial charge >= 0.3 is 0 Å². The summed E-state index contributed by atoms with van der Waals surface area (Å²) in [5, 5.41) is 10.0. The van der Waals surface area contributed by atoms with Gasteiger partial charge in [0.15, 0.2) is 0 Å². The molecular formula is C11H6BrClN2. The average Bonchev–Trinajstić information content (AvgIpc) is 2.20. The summed E-state index contributed by atoms with van der Waals surface area (Å²) >= 11 is 9.33. The molecule has 2 nitrogen and oxygen atoms in total. The maximum Gasteiger partial charge on any atom is 0.134 e. The highest BCUT2D eigenvalue weighted by molar-refractivity contribution is 9.10. The Hall–Kier alpha value is -1.11. The van der Waals surface area contributed by atoms with E-state index in [0.717, 1.165) is 20.9 Å². The highest BCUT2D eigenvalue weighted by Gasteiger charge is 2.04. The molecule has 0 atom stereocenters. The van der Waals surface area contributed by atoms with Gasteiger partial charge in [0.05, 0.1) is 18.0 Å². The number of pyridine rings is 1. The SMILES string of the molecule is N#CCc1cc2ccc(Br)cc2nc1Cl. The first kappa shape index (κ1) is 10.4. The average molecular weight is 282 g/mol. The first-order chi connectivity index (χ1) is 7.20. The topological polar surface area (TPSA) is 36.7 Å². The maximum atomic E-state index is 8.62. The molecule has 0 bridgehead atoms. The predicted molar refractivity (Wildman–Crippen MR) is 63.8 cm³/mol. The highest BCUT2D eigenvalue weighted by atomic mass is 79.9. The molecule has 2 rings (SSSR count). The van der Waals surface area contributed by atoms with E-state index in [9.17, 15) is 0 Å². The molecule has 0 fully saturated rings. The van der Waals surface area contributed by atoms with Crippen LogP contribution in [0.1, 0.15) is 5.56 Å². The highest BCUT2D eigenvalue weighted by Crippen LogP contribution is 2.23. The Balaban J connectivity index is 2.66. The standard InChI is InChI=1S/C11H6BrClN2/c12-9-2-1-7-5-8(3-4-14)11(13)15-10(7)6-9/h1-2,5-6H,3H2. The van der Waals surface area contributed by atoms with Gasteiger partial charge in [-0.1, -0.05) is 33.6 Å². The lowest BCUT2D eigenvalue weighted by atomic mass is 10.1. The van der Waals surface area contributed by atoms with Gasteiger partial charge in [-0.05, 0) is 18.2 Å². The largest absolute Gasteiger partial charge is 0.236 e. The van der Waals surface area contributed by atoms with Crippen molar-refractivity contribution in [2.24, 2.45) is 0 Å². The minimum Gasteiger partial charge on any atom is -0.236 e. The number of benzene rings is 1. The molecule has 0 aliphatic carbocycles. The number of nitrogens with zero attached hydrogens (tertiary/aromatic N) is 2. The fourth-order valence-electron chi connectivity index (χ4n) is 1.37. The molecule has 1 heterocycles. The summed E-state index contributed by atoms with van der Waals surface area (Å²) < 4.78 is 0.964. The Morgan fingerprint density at radius 2 is 2.20 bits per heavy atom. The van der Waals surface area contributed by atoms with E-state index < -0.39 is 0 Å². The van der Waals surface area contributed by atoms with Crippen LogP contribution in [0.4, 0.5) is 0 Å². The second-order valence-corrected chi connectivity index (χ2v) is 4.38. The minimum absolute atomic E-state index is 0.290. The quantitative estimate of drug-likeness (QED) is 0.747. The van der Waals surface area contributed by atoms with E-state index in [2.05, 4.69) is 27.0 Å². The van der Waals surface area contributed by atoms with E-state index in [1.165, 1.54) is 0 Å². The van der Waals surface area contributed by atoms with Crippen molar-refractivity contribution in [1.82, 2.24) is 4.98 Å². The number of nitriles is 1. The second kappa shape index (κ2) is 4.18. The number of fused-ring (bicyclic) bond motifs is 1. The summed E-state index contributed by atoms with van der Waals surface area (Å²) in [5.41, 5.74) is 1.60. The lowest BCUT2D eigenvalue weighted by molar-refractivity contribution is 1.22. The molecule has 74 valence electrons. The second-order valence-electron chi connectivity index (χ2n) is 3.11. The molecule has 0 spiro atoms. The van der Waals surface area contributed by atoms with Crippen LogP contribution < -0.4 is 0 Å². The number of halogens is 2. The predicted octanol–water partition coefficient (Wildman–Crippen LogP) is 3.72. The summed E-state index contributed by atoms with van der Waals surface area (Å²) in [6.45, 7) is 0. The fourth-order valence-corrected chi connectivity index (χ4v) is 1.93. The van der Waals surface area contributed by atoms with Gasteiger partial charge < -0.3 is 0 Å². The lowest BCUT2D eigenvalue weighted by Gasteiger charge is -2.02. The van der Waals surface area contributed by atoms with E-state index in [4.69, 9.17) is 16.9 Å². The van der Waals surface area contributed by atoms with Crippen LogP contribution in [0.25, 0.3) is 10.9 Å². The zero-order valence-corrected chi connectivity index (χ0v) is 10.0. The molecule has 0 amide bonds. The van der Waals surface area contributed by atoms with Crippen LogP contribution >= 0.6 is 27.5 Å². The molecule has 0 unspecified atom stereocenters. The van der Waals surface area contributed by atoms with Crippen molar-refractivity contribution in [3.63, 3.8) is 0 Å². The lowest BCUT2D eigenvalue weighted by Crippen LogP contribution is -1.89. The van der Waals surface area contributed by atoms with Gasteiger partial charge in [0, 0.05) is 15.4 Å². The van der Waals surface area contributed by atoms with Gasteiger partial charge in [-0.25, -0.2) is 4.98 Å². The monoisotopic (exact) mass is 280 g/mol. The minimum atomic E-state index is 0.290. The number of hydrogen-bond acceptors (Lipinski definition) is 2. The summed E-state index contributed by atoms with van der Waals surface area (Å²) in [4.78, 5) is 4.24. The molecule has 1 aromatic heterocycles. The van der Waals surface area contributed by atoms with Crippen LogP contribution in [0, 0.1) is 11.3 Å². The van der Waals surface area contributed by atoms with Crippen molar-refractivity contribution >= 4 is 38.4 Å². The molecule has 1 aromatic carbocycles. The van der Waals surface area contributed by atoms with Crippen molar-refractivity contribution in [2.75, 3.05) is 0 Å². The van der Waals surface area contributed by atoms with E-state index in [1.807, 2.05) is 24.3 Å². The van der Waals surface area contributed by atoms with Crippen molar-refractivity contribution < 1.29 is 0 Å². The maximum absolute atomic E-state index is 8.62. The molecule has 0 aliphatic heterocycles. The van der Waals surface area contributed by atoms with Gasteiger partial charge in [0.1, 0.15) is 5.15 Å². The van der Waals surface area contributed by atoms with Crippen molar-refractivity contribution in [1.29, 1.82) is 5.26 Å². The van der Waals surface area contributed by atoms with Crippen LogP contribution in [-0.2, 0) is 6.42 Å². The molecule has 0 saturated carbocycles. The van der Waals surface area contributed by atoms with Gasteiger partial charge in [-0.2, -0.15) is 5.26 Å². The van der Waals surface area contributed by atoms with Crippen LogP contribution in [0.15, 0.2) is 28.7 Å². The van der Waals surface area contributed by atoms with E-state index in [-0.39, 0.29) is 6.42 Å². The van der Waals surface area contributed by atoms with Crippen LogP contribution in [-0.4, -0.2) is 4.98 Å². The normalized spacial score (nSPS) is 10.2. The Morgan fingerprint density at radius 1 is 1.40 bits per heavy atom. The van der Waals surface area contributed by atoms with Gasteiger partial charge in [-0.3, -0.25) is 0 Å². The van der Waals surface area contributed by atoms with Gasteiger partial charge in [0.2, 0.25) is 0 Å². The third-order valence-corrected chi connectivity index (χ3v) is 2.90. The van der Waals surface area contributed by atoms with E-state index in [1.54, 1.807) is 0 Å². The summed E-state index contributed by atoms with van der Waals surface area (Å²) in [6, 6.07) is 9.76. The zero-order valence-electron chi connectivity index (χ0n) is 7.67. The first-order valence-electron chi connectivity index (χ1n) is 4.32. The van der Waals surface area contributed by atoms with Crippen LogP contribution in [0.2, 0.25) is 5.15 Å². The Kier molecular flexibility index (Phi) is 2.90. The molecule has 0 N–H and O–H groups in total. The third-order valence-electron chi connectivity index (χ3n) is 2.08. The van der Waals surface area contributed by atoms with E-state index in [0.29, 0.717) is 5.15 Å². The van der Waals surface area contributed by atoms with Crippen molar-refractivity contribution in [3.05, 3.63) is 39.5 Å². The van der Waals surface area contributed by atoms with Crippen molar-refractivity contribution in [2.45, 2.75) is 6.42 Å². The summed E-state index contributed by atoms with van der Waals surface area (Å²) in [5.74, 6) is 0. The molecule has 4 heteroatoms. The third kappa shape index (κ3) is 2.11. The number of aromatic nitrogens is 1. The smallest absolute Gasteiger partial charge is 0.134 e. The molecule has 0 saturated heterocycles. The van der Waals surface area contributed by atoms with Gasteiger partial charge in [0.25, 0.3) is 0 Å². The van der Waals surface area contributed by atoms with Crippen LogP contribution in [0.3, 0.4) is 0 Å². The zero-order chi connectivity index (χ0) is 10.8.